The fourth-order valence-electron chi connectivity index (χ4n) is 4.51. The number of benzene rings is 1. The number of likely N-dealkylation sites (N-methyl/N-ethyl adjacent to an activating group) is 1. The maximum Gasteiger partial charge on any atom is 0.411 e. The molecule has 2 aliphatic heterocycles. The van der Waals surface area contributed by atoms with Crippen LogP contribution < -0.4 is 9.64 Å². The van der Waals surface area contributed by atoms with Gasteiger partial charge in [-0.2, -0.15) is 5.26 Å². The molecule has 0 aliphatic carbocycles. The van der Waals surface area contributed by atoms with Crippen LogP contribution in [0, 0.1) is 11.3 Å². The van der Waals surface area contributed by atoms with Crippen LogP contribution in [0.25, 0.3) is 0 Å². The average Bonchev–Trinajstić information content (AvgIpc) is 3.39. The molecule has 0 radical (unpaired) electrons. The van der Waals surface area contributed by atoms with E-state index in [9.17, 15) is 14.9 Å². The molecule has 8 heteroatoms. The van der Waals surface area contributed by atoms with Crippen LogP contribution in [0.2, 0.25) is 0 Å². The van der Waals surface area contributed by atoms with Crippen LogP contribution in [0.15, 0.2) is 24.3 Å². The molecule has 2 heterocycles. The molecule has 2 aliphatic rings. The van der Waals surface area contributed by atoms with Crippen molar-refractivity contribution in [2.24, 2.45) is 0 Å². The minimum absolute atomic E-state index is 0.144. The van der Waals surface area contributed by atoms with E-state index in [0.29, 0.717) is 32.4 Å². The number of likely N-dealkylation sites (tertiary alicyclic amines) is 2. The zero-order valence-corrected chi connectivity index (χ0v) is 19.7. The van der Waals surface area contributed by atoms with Gasteiger partial charge in [-0.15, -0.1) is 0 Å². The Kier molecular flexibility index (Phi) is 7.17. The lowest BCUT2D eigenvalue weighted by molar-refractivity contribution is -0.136. The van der Waals surface area contributed by atoms with Gasteiger partial charge in [-0.05, 0) is 70.7 Å². The second-order valence-corrected chi connectivity index (χ2v) is 9.53. The van der Waals surface area contributed by atoms with E-state index in [-0.39, 0.29) is 11.9 Å². The largest absolute Gasteiger partial charge is 0.497 e. The molecule has 0 unspecified atom stereocenters. The van der Waals surface area contributed by atoms with Crippen molar-refractivity contribution in [2.45, 2.75) is 70.2 Å². The van der Waals surface area contributed by atoms with Crippen molar-refractivity contribution in [3.63, 3.8) is 0 Å². The van der Waals surface area contributed by atoms with Crippen molar-refractivity contribution < 1.29 is 19.1 Å². The van der Waals surface area contributed by atoms with Gasteiger partial charge in [0, 0.05) is 25.8 Å². The number of methoxy groups -OCH3 is 1. The van der Waals surface area contributed by atoms with E-state index in [4.69, 9.17) is 9.47 Å². The minimum atomic E-state index is -0.664. The molecule has 1 aromatic rings. The highest BCUT2D eigenvalue weighted by atomic mass is 16.6. The first-order valence-electron chi connectivity index (χ1n) is 11.2. The number of anilines is 1. The summed E-state index contributed by atoms with van der Waals surface area (Å²) in [5.41, 5.74) is 0.330. The smallest absolute Gasteiger partial charge is 0.411 e. The minimum Gasteiger partial charge on any atom is -0.497 e. The van der Waals surface area contributed by atoms with E-state index < -0.39 is 23.8 Å². The monoisotopic (exact) mass is 442 g/mol. The van der Waals surface area contributed by atoms with Gasteiger partial charge in [0.15, 0.2) is 0 Å². The molecule has 0 N–H and O–H groups in total. The standard InChI is InChI=1S/C24H34N4O4/c1-24(2,3)32-23(30)28-19(16-26(4)17-8-11-20(31-5)12-9-17)10-13-21(28)22(29)27-14-6-7-18(27)15-25/h8-9,11-12,18-19,21H,6-7,10,13-14,16H2,1-5H3/t18-,19-,21+/m0/s1. The van der Waals surface area contributed by atoms with Gasteiger partial charge in [0.2, 0.25) is 5.91 Å². The Hall–Kier alpha value is -2.95. The highest BCUT2D eigenvalue weighted by Crippen LogP contribution is 2.31. The predicted molar refractivity (Wildman–Crippen MR) is 121 cm³/mol. The molecule has 8 nitrogen and oxygen atoms in total. The van der Waals surface area contributed by atoms with Crippen LogP contribution in [-0.2, 0) is 9.53 Å². The van der Waals surface area contributed by atoms with Gasteiger partial charge in [0.05, 0.1) is 19.2 Å². The van der Waals surface area contributed by atoms with Crippen LogP contribution >= 0.6 is 0 Å². The second kappa shape index (κ2) is 9.68. The number of amides is 2. The molecule has 0 saturated carbocycles. The summed E-state index contributed by atoms with van der Waals surface area (Å²) in [6, 6.07) is 8.77. The summed E-state index contributed by atoms with van der Waals surface area (Å²) in [6.07, 6.45) is 2.28. The Labute approximate surface area is 190 Å². The van der Waals surface area contributed by atoms with Gasteiger partial charge in [-0.25, -0.2) is 4.79 Å². The normalized spacial score (nSPS) is 23.1. The van der Waals surface area contributed by atoms with Crippen molar-refractivity contribution in [1.82, 2.24) is 9.80 Å². The number of hydrogen-bond acceptors (Lipinski definition) is 6. The Morgan fingerprint density at radius 1 is 1.19 bits per heavy atom. The number of rotatable bonds is 5. The molecule has 2 saturated heterocycles. The molecule has 1 aromatic carbocycles. The fraction of sp³-hybridized carbons (Fsp3) is 0.625. The highest BCUT2D eigenvalue weighted by molar-refractivity contribution is 5.87. The number of carbonyl (C=O) groups excluding carboxylic acids is 2. The van der Waals surface area contributed by atoms with Crippen molar-refractivity contribution in [1.29, 1.82) is 5.26 Å². The first-order valence-corrected chi connectivity index (χ1v) is 11.2. The summed E-state index contributed by atoms with van der Waals surface area (Å²) in [6.45, 7) is 6.59. The Morgan fingerprint density at radius 3 is 2.47 bits per heavy atom. The van der Waals surface area contributed by atoms with E-state index in [1.165, 1.54) is 0 Å². The number of ether oxygens (including phenoxy) is 2. The van der Waals surface area contributed by atoms with Gasteiger partial charge in [-0.1, -0.05) is 0 Å². The third-order valence-electron chi connectivity index (χ3n) is 6.07. The van der Waals surface area contributed by atoms with Crippen LogP contribution in [0.4, 0.5) is 10.5 Å². The zero-order chi connectivity index (χ0) is 23.5. The molecule has 0 bridgehead atoms. The SMILES string of the molecule is COc1ccc(N(C)C[C@@H]2CC[C@H](C(=O)N3CCC[C@H]3C#N)N2C(=O)OC(C)(C)C)cc1. The maximum absolute atomic E-state index is 13.4. The highest BCUT2D eigenvalue weighted by Gasteiger charge is 2.46. The molecule has 174 valence electrons. The van der Waals surface area contributed by atoms with Gasteiger partial charge >= 0.3 is 6.09 Å². The third kappa shape index (κ3) is 5.26. The summed E-state index contributed by atoms with van der Waals surface area (Å²) in [4.78, 5) is 31.9. The summed E-state index contributed by atoms with van der Waals surface area (Å²) < 4.78 is 10.9. The lowest BCUT2D eigenvalue weighted by Crippen LogP contribution is -2.54. The van der Waals surface area contributed by atoms with Gasteiger partial charge in [-0.3, -0.25) is 9.69 Å². The lowest BCUT2D eigenvalue weighted by atomic mass is 10.1. The Balaban J connectivity index is 1.80. The summed E-state index contributed by atoms with van der Waals surface area (Å²) in [7, 11) is 3.60. The molecule has 0 spiro atoms. The second-order valence-electron chi connectivity index (χ2n) is 9.53. The number of hydrogen-bond donors (Lipinski definition) is 0. The van der Waals surface area contributed by atoms with Crippen molar-refractivity contribution in [3.8, 4) is 11.8 Å². The first kappa shape index (κ1) is 23.7. The fourth-order valence-corrected chi connectivity index (χ4v) is 4.51. The van der Waals surface area contributed by atoms with Crippen molar-refractivity contribution in [3.05, 3.63) is 24.3 Å². The van der Waals surface area contributed by atoms with E-state index in [2.05, 4.69) is 11.0 Å². The van der Waals surface area contributed by atoms with Crippen LogP contribution in [0.5, 0.6) is 5.75 Å². The number of carbonyl (C=O) groups is 2. The van der Waals surface area contributed by atoms with Crippen LogP contribution in [0.3, 0.4) is 0 Å². The molecule has 2 fully saturated rings. The van der Waals surface area contributed by atoms with Gasteiger partial charge in [0.25, 0.3) is 0 Å². The average molecular weight is 443 g/mol. The first-order chi connectivity index (χ1) is 15.1. The quantitative estimate of drug-likeness (QED) is 0.695. The Bertz CT molecular complexity index is 858. The lowest BCUT2D eigenvalue weighted by Gasteiger charge is -2.35. The topological polar surface area (TPSA) is 86.1 Å². The van der Waals surface area contributed by atoms with Crippen LogP contribution in [0.1, 0.15) is 46.5 Å². The van der Waals surface area contributed by atoms with Crippen LogP contribution in [-0.4, -0.2) is 72.8 Å². The summed E-state index contributed by atoms with van der Waals surface area (Å²) in [5, 5.41) is 9.43. The van der Waals surface area contributed by atoms with E-state index in [0.717, 1.165) is 17.9 Å². The van der Waals surface area contributed by atoms with Crippen molar-refractivity contribution in [2.75, 3.05) is 32.1 Å². The third-order valence-corrected chi connectivity index (χ3v) is 6.07. The molecule has 2 amide bonds. The van der Waals surface area contributed by atoms with Gasteiger partial charge < -0.3 is 19.3 Å². The van der Waals surface area contributed by atoms with E-state index in [1.807, 2.05) is 52.1 Å². The number of nitriles is 1. The number of nitrogens with zero attached hydrogens (tertiary/aromatic N) is 4. The van der Waals surface area contributed by atoms with E-state index >= 15 is 0 Å². The van der Waals surface area contributed by atoms with Crippen molar-refractivity contribution >= 4 is 17.7 Å². The summed E-state index contributed by atoms with van der Waals surface area (Å²) >= 11 is 0. The zero-order valence-electron chi connectivity index (χ0n) is 19.7. The molecular weight excluding hydrogens is 408 g/mol. The molecule has 32 heavy (non-hydrogen) atoms. The molecule has 0 aromatic heterocycles. The van der Waals surface area contributed by atoms with E-state index in [1.54, 1.807) is 16.9 Å². The maximum atomic E-state index is 13.4. The molecular formula is C24H34N4O4. The molecule has 3 rings (SSSR count). The van der Waals surface area contributed by atoms with Gasteiger partial charge in [0.1, 0.15) is 23.4 Å². The Morgan fingerprint density at radius 2 is 1.88 bits per heavy atom. The predicted octanol–water partition coefficient (Wildman–Crippen LogP) is 3.41. The summed E-state index contributed by atoms with van der Waals surface area (Å²) in [5.74, 6) is 0.635. The molecule has 3 atom stereocenters.